The van der Waals surface area contributed by atoms with E-state index in [0.29, 0.717) is 73.4 Å². The Morgan fingerprint density at radius 1 is 0.971 bits per heavy atom. The maximum Gasteiger partial charge on any atom is 0.434 e. The zero-order valence-electron chi connectivity index (χ0n) is 18.8. The van der Waals surface area contributed by atoms with Crippen LogP contribution in [0, 0.1) is 11.8 Å². The summed E-state index contributed by atoms with van der Waals surface area (Å²) in [5.41, 5.74) is 1.54. The van der Waals surface area contributed by atoms with E-state index in [-0.39, 0.29) is 18.7 Å². The van der Waals surface area contributed by atoms with Crippen LogP contribution in [0.1, 0.15) is 28.8 Å². The van der Waals surface area contributed by atoms with Gasteiger partial charge in [-0.2, -0.15) is 0 Å². The van der Waals surface area contributed by atoms with Crippen LogP contribution >= 0.6 is 11.6 Å². The van der Waals surface area contributed by atoms with E-state index in [2.05, 4.69) is 4.90 Å². The smallest absolute Gasteiger partial charge is 0.378 e. The average molecular weight is 491 g/mol. The van der Waals surface area contributed by atoms with Crippen molar-refractivity contribution in [3.63, 3.8) is 0 Å². The molecule has 34 heavy (non-hydrogen) atoms. The number of morpholine rings is 1. The second kappa shape index (κ2) is 9.52. The van der Waals surface area contributed by atoms with Gasteiger partial charge in [-0.05, 0) is 29.5 Å². The number of halogens is 1. The van der Waals surface area contributed by atoms with E-state index in [9.17, 15) is 19.2 Å². The van der Waals surface area contributed by atoms with Crippen LogP contribution in [0.5, 0.6) is 0 Å². The number of hydrogen-bond acceptors (Lipinski definition) is 7. The molecule has 5 rings (SSSR count). The fourth-order valence-electron chi connectivity index (χ4n) is 5.16. The van der Waals surface area contributed by atoms with Crippen molar-refractivity contribution in [2.45, 2.75) is 19.4 Å². The first-order chi connectivity index (χ1) is 16.4. The molecule has 1 aromatic carbocycles. The van der Waals surface area contributed by atoms with Crippen molar-refractivity contribution < 1.29 is 28.8 Å². The number of amides is 4. The van der Waals surface area contributed by atoms with Gasteiger partial charge in [0, 0.05) is 69.2 Å². The summed E-state index contributed by atoms with van der Waals surface area (Å²) in [7, 11) is 0. The SMILES string of the molecule is O=C(ON1C(=O)CCC1=O)N1CC2CN(Cc3ccc(C(=O)N4CCOCC4)cc3Cl)CC2C1. The molecule has 0 N–H and O–H groups in total. The minimum absolute atomic E-state index is 0.0308. The van der Waals surface area contributed by atoms with Gasteiger partial charge >= 0.3 is 6.09 Å². The Hall–Kier alpha value is -2.69. The van der Waals surface area contributed by atoms with Gasteiger partial charge in [0.1, 0.15) is 0 Å². The molecule has 4 fully saturated rings. The molecule has 0 aromatic heterocycles. The maximum atomic E-state index is 12.7. The van der Waals surface area contributed by atoms with Crippen molar-refractivity contribution in [3.05, 3.63) is 34.3 Å². The van der Waals surface area contributed by atoms with Crippen LogP contribution in [0.4, 0.5) is 4.79 Å². The Bertz CT molecular complexity index is 983. The molecule has 0 bridgehead atoms. The van der Waals surface area contributed by atoms with Crippen molar-refractivity contribution >= 4 is 35.4 Å². The number of benzene rings is 1. The van der Waals surface area contributed by atoms with Gasteiger partial charge < -0.3 is 19.4 Å². The van der Waals surface area contributed by atoms with Gasteiger partial charge in [0.2, 0.25) is 0 Å². The molecule has 10 nitrogen and oxygen atoms in total. The Morgan fingerprint density at radius 2 is 1.62 bits per heavy atom. The van der Waals surface area contributed by atoms with E-state index in [1.54, 1.807) is 15.9 Å². The van der Waals surface area contributed by atoms with Gasteiger partial charge in [0.15, 0.2) is 0 Å². The van der Waals surface area contributed by atoms with Gasteiger partial charge in [-0.15, -0.1) is 5.06 Å². The van der Waals surface area contributed by atoms with Gasteiger partial charge in [-0.3, -0.25) is 19.3 Å². The van der Waals surface area contributed by atoms with E-state index in [0.717, 1.165) is 18.7 Å². The van der Waals surface area contributed by atoms with Crippen molar-refractivity contribution in [2.24, 2.45) is 11.8 Å². The van der Waals surface area contributed by atoms with E-state index < -0.39 is 17.9 Å². The molecule has 0 aliphatic carbocycles. The third-order valence-corrected chi connectivity index (χ3v) is 7.34. The number of nitrogens with zero attached hydrogens (tertiary/aromatic N) is 4. The lowest BCUT2D eigenvalue weighted by Gasteiger charge is -2.27. The monoisotopic (exact) mass is 490 g/mol. The van der Waals surface area contributed by atoms with E-state index in [1.807, 2.05) is 12.1 Å². The van der Waals surface area contributed by atoms with Crippen molar-refractivity contribution in [1.82, 2.24) is 19.8 Å². The number of hydrogen-bond donors (Lipinski definition) is 0. The lowest BCUT2D eigenvalue weighted by Crippen LogP contribution is -2.40. The fraction of sp³-hybridized carbons (Fsp3) is 0.565. The highest BCUT2D eigenvalue weighted by Crippen LogP contribution is 2.33. The summed E-state index contributed by atoms with van der Waals surface area (Å²) >= 11 is 6.53. The average Bonchev–Trinajstić information content (AvgIpc) is 3.49. The normalized spacial score (nSPS) is 25.3. The van der Waals surface area contributed by atoms with Crippen molar-refractivity contribution in [2.75, 3.05) is 52.5 Å². The summed E-state index contributed by atoms with van der Waals surface area (Å²) in [5.74, 6) is -0.398. The van der Waals surface area contributed by atoms with Gasteiger partial charge in [0.05, 0.1) is 13.2 Å². The van der Waals surface area contributed by atoms with Gasteiger partial charge in [-0.25, -0.2) is 4.79 Å². The van der Waals surface area contributed by atoms with E-state index in [4.69, 9.17) is 21.2 Å². The molecule has 2 unspecified atom stereocenters. The summed E-state index contributed by atoms with van der Waals surface area (Å²) in [6, 6.07) is 5.48. The number of rotatable bonds is 4. The van der Waals surface area contributed by atoms with Crippen LogP contribution in [-0.2, 0) is 25.7 Å². The lowest BCUT2D eigenvalue weighted by atomic mass is 10.0. The van der Waals surface area contributed by atoms with Crippen molar-refractivity contribution in [3.8, 4) is 0 Å². The first kappa shape index (κ1) is 23.1. The molecular formula is C23H27ClN4O6. The number of carbonyl (C=O) groups excluding carboxylic acids is 4. The van der Waals surface area contributed by atoms with Crippen molar-refractivity contribution in [1.29, 1.82) is 0 Å². The molecular weight excluding hydrogens is 464 g/mol. The van der Waals surface area contributed by atoms with Gasteiger partial charge in [-0.1, -0.05) is 17.7 Å². The van der Waals surface area contributed by atoms with Crippen LogP contribution in [0.2, 0.25) is 5.02 Å². The number of hydroxylamine groups is 2. The largest absolute Gasteiger partial charge is 0.434 e. The highest BCUT2D eigenvalue weighted by molar-refractivity contribution is 6.31. The Kier molecular flexibility index (Phi) is 6.46. The third-order valence-electron chi connectivity index (χ3n) is 6.99. The zero-order valence-corrected chi connectivity index (χ0v) is 19.5. The highest BCUT2D eigenvalue weighted by Gasteiger charge is 2.43. The third kappa shape index (κ3) is 4.62. The molecule has 11 heteroatoms. The molecule has 182 valence electrons. The second-order valence-corrected chi connectivity index (χ2v) is 9.68. The Labute approximate surface area is 202 Å². The molecule has 4 aliphatic heterocycles. The summed E-state index contributed by atoms with van der Waals surface area (Å²) in [6.07, 6.45) is -0.484. The number of fused-ring (bicyclic) bond motifs is 1. The molecule has 2 atom stereocenters. The minimum Gasteiger partial charge on any atom is -0.378 e. The number of ether oxygens (including phenoxy) is 1. The van der Waals surface area contributed by atoms with E-state index in [1.165, 1.54) is 0 Å². The first-order valence-corrected chi connectivity index (χ1v) is 12.0. The molecule has 0 spiro atoms. The molecule has 1 aromatic rings. The summed E-state index contributed by atoms with van der Waals surface area (Å²) in [4.78, 5) is 59.2. The molecule has 4 saturated heterocycles. The second-order valence-electron chi connectivity index (χ2n) is 9.27. The quantitative estimate of drug-likeness (QED) is 0.588. The zero-order chi connectivity index (χ0) is 23.8. The van der Waals surface area contributed by atoms with E-state index >= 15 is 0 Å². The van der Waals surface area contributed by atoms with Crippen LogP contribution in [0.15, 0.2) is 18.2 Å². The lowest BCUT2D eigenvalue weighted by molar-refractivity contribution is -0.173. The van der Waals surface area contributed by atoms with Gasteiger partial charge in [0.25, 0.3) is 17.7 Å². The molecule has 4 amide bonds. The summed E-state index contributed by atoms with van der Waals surface area (Å²) < 4.78 is 5.31. The molecule has 0 saturated carbocycles. The minimum atomic E-state index is -0.645. The number of carbonyl (C=O) groups is 4. The van der Waals surface area contributed by atoms with Crippen LogP contribution in [-0.4, -0.2) is 96.1 Å². The number of imide groups is 1. The Morgan fingerprint density at radius 3 is 2.24 bits per heavy atom. The Balaban J connectivity index is 1.13. The van der Waals surface area contributed by atoms with Crippen LogP contribution in [0.3, 0.4) is 0 Å². The standard InChI is InChI=1S/C23H27ClN4O6/c24-19-9-15(22(31)26-5-7-33-8-6-26)1-2-16(19)10-25-11-17-13-27(14-18(17)12-25)23(32)34-28-20(29)3-4-21(28)30/h1-2,9,17-18H,3-8,10-14H2. The topological polar surface area (TPSA) is 99.7 Å². The van der Waals surface area contributed by atoms with Crippen LogP contribution in [0.25, 0.3) is 0 Å². The fourth-order valence-corrected chi connectivity index (χ4v) is 5.40. The first-order valence-electron chi connectivity index (χ1n) is 11.6. The predicted octanol–water partition coefficient (Wildman–Crippen LogP) is 1.38. The summed E-state index contributed by atoms with van der Waals surface area (Å²) in [6.45, 7) is 5.61. The number of likely N-dealkylation sites (tertiary alicyclic amines) is 2. The molecule has 4 aliphatic rings. The maximum absolute atomic E-state index is 12.7. The van der Waals surface area contributed by atoms with Crippen LogP contribution < -0.4 is 0 Å². The highest BCUT2D eigenvalue weighted by atomic mass is 35.5. The molecule has 0 radical (unpaired) electrons. The molecule has 4 heterocycles. The predicted molar refractivity (Wildman–Crippen MR) is 120 cm³/mol. The summed E-state index contributed by atoms with van der Waals surface area (Å²) in [5, 5.41) is 1.17.